The molecule has 6 heteroatoms. The van der Waals surface area contributed by atoms with E-state index in [0.717, 1.165) is 52.4 Å². The number of rotatable bonds is 3. The van der Waals surface area contributed by atoms with Gasteiger partial charge in [-0.05, 0) is 66.3 Å². The van der Waals surface area contributed by atoms with E-state index in [0.29, 0.717) is 18.2 Å². The first-order valence-electron chi connectivity index (χ1n) is 9.38. The summed E-state index contributed by atoms with van der Waals surface area (Å²) in [7, 11) is 0. The lowest BCUT2D eigenvalue weighted by Gasteiger charge is -2.34. The Morgan fingerprint density at radius 1 is 1.14 bits per heavy atom. The van der Waals surface area contributed by atoms with E-state index >= 15 is 0 Å². The third kappa shape index (κ3) is 4.02. The van der Waals surface area contributed by atoms with E-state index in [1.165, 1.54) is 6.07 Å². The maximum Gasteiger partial charge on any atom is 0.148 e. The fourth-order valence-corrected chi connectivity index (χ4v) is 4.20. The summed E-state index contributed by atoms with van der Waals surface area (Å²) in [4.78, 5) is 6.50. The molecule has 1 fully saturated rings. The van der Waals surface area contributed by atoms with E-state index in [1.807, 2.05) is 30.3 Å². The van der Waals surface area contributed by atoms with Gasteiger partial charge in [0.1, 0.15) is 11.7 Å². The summed E-state index contributed by atoms with van der Waals surface area (Å²) in [6.45, 7) is 1.61. The van der Waals surface area contributed by atoms with Crippen LogP contribution in [0, 0.1) is 5.82 Å². The Labute approximate surface area is 171 Å². The van der Waals surface area contributed by atoms with Crippen molar-refractivity contribution in [2.24, 2.45) is 5.16 Å². The second kappa shape index (κ2) is 8.27. The minimum atomic E-state index is -0.233. The number of oxime groups is 1. The molecule has 0 unspecified atom stereocenters. The van der Waals surface area contributed by atoms with Crippen LogP contribution in [-0.2, 0) is 6.42 Å². The van der Waals surface area contributed by atoms with Crippen LogP contribution in [0.25, 0.3) is 10.9 Å². The summed E-state index contributed by atoms with van der Waals surface area (Å²) in [5.41, 5.74) is 3.09. The van der Waals surface area contributed by atoms with Crippen LogP contribution in [0.15, 0.2) is 64.4 Å². The molecule has 0 spiro atoms. The molecule has 144 valence electrons. The molecule has 3 aromatic rings. The van der Waals surface area contributed by atoms with Gasteiger partial charge in [-0.2, -0.15) is 0 Å². The van der Waals surface area contributed by atoms with Crippen LogP contribution in [0.5, 0.6) is 0 Å². The Balaban J connectivity index is 1.47. The highest BCUT2D eigenvalue weighted by molar-refractivity contribution is 9.10. The highest BCUT2D eigenvalue weighted by Crippen LogP contribution is 2.33. The summed E-state index contributed by atoms with van der Waals surface area (Å²) < 4.78 is 14.8. The normalized spacial score (nSPS) is 15.9. The number of amidine groups is 1. The Bertz CT molecular complexity index is 998. The van der Waals surface area contributed by atoms with Crippen LogP contribution < -0.4 is 0 Å². The molecule has 1 N–H and O–H groups in total. The topological polar surface area (TPSA) is 48.7 Å². The predicted molar refractivity (Wildman–Crippen MR) is 112 cm³/mol. The summed E-state index contributed by atoms with van der Waals surface area (Å²) in [6, 6.07) is 14.8. The number of fused-ring (bicyclic) bond motifs is 1. The van der Waals surface area contributed by atoms with Crippen molar-refractivity contribution in [2.45, 2.75) is 25.2 Å². The third-order valence-electron chi connectivity index (χ3n) is 5.43. The van der Waals surface area contributed by atoms with Gasteiger partial charge in [-0.3, -0.25) is 4.98 Å². The van der Waals surface area contributed by atoms with Crippen molar-refractivity contribution in [3.8, 4) is 0 Å². The number of hydrogen-bond donors (Lipinski definition) is 1. The zero-order valence-electron chi connectivity index (χ0n) is 15.4. The molecule has 0 atom stereocenters. The van der Waals surface area contributed by atoms with Crippen LogP contribution in [-0.4, -0.2) is 34.0 Å². The molecule has 2 heterocycles. The fourth-order valence-electron chi connectivity index (χ4n) is 3.94. The van der Waals surface area contributed by atoms with Crippen molar-refractivity contribution >= 4 is 32.7 Å². The summed E-state index contributed by atoms with van der Waals surface area (Å²) in [5, 5.41) is 14.0. The third-order valence-corrected chi connectivity index (χ3v) is 5.96. The number of piperidine rings is 1. The van der Waals surface area contributed by atoms with Gasteiger partial charge in [0, 0.05) is 35.6 Å². The summed E-state index contributed by atoms with van der Waals surface area (Å²) in [5.74, 6) is 0.797. The van der Waals surface area contributed by atoms with Crippen molar-refractivity contribution in [1.82, 2.24) is 9.88 Å². The molecule has 0 saturated carbocycles. The quantitative estimate of drug-likeness (QED) is 0.258. The number of likely N-dealkylation sites (tertiary alicyclic amines) is 1. The lowest BCUT2D eigenvalue weighted by molar-refractivity contribution is 0.271. The van der Waals surface area contributed by atoms with Gasteiger partial charge in [0.2, 0.25) is 0 Å². The van der Waals surface area contributed by atoms with Crippen molar-refractivity contribution in [2.75, 3.05) is 13.1 Å². The molecule has 1 aliphatic rings. The van der Waals surface area contributed by atoms with Crippen molar-refractivity contribution in [3.63, 3.8) is 0 Å². The van der Waals surface area contributed by atoms with Crippen LogP contribution in [0.3, 0.4) is 0 Å². The molecule has 0 radical (unpaired) electrons. The lowest BCUT2D eigenvalue weighted by atomic mass is 9.87. The second-order valence-electron chi connectivity index (χ2n) is 7.14. The molecular formula is C22H21BrFN3O. The highest BCUT2D eigenvalue weighted by atomic mass is 79.9. The van der Waals surface area contributed by atoms with Crippen LogP contribution >= 0.6 is 15.9 Å². The minimum absolute atomic E-state index is 0.233. The summed E-state index contributed by atoms with van der Waals surface area (Å²) >= 11 is 3.44. The summed E-state index contributed by atoms with van der Waals surface area (Å²) in [6.07, 6.45) is 4.25. The number of nitrogens with zero attached hydrogens (tertiary/aromatic N) is 3. The largest absolute Gasteiger partial charge is 0.409 e. The number of hydrogen-bond acceptors (Lipinski definition) is 3. The Morgan fingerprint density at radius 3 is 2.61 bits per heavy atom. The predicted octanol–water partition coefficient (Wildman–Crippen LogP) is 5.35. The molecule has 1 aliphatic heterocycles. The van der Waals surface area contributed by atoms with Gasteiger partial charge in [-0.1, -0.05) is 33.2 Å². The second-order valence-corrected chi connectivity index (χ2v) is 8.06. The van der Waals surface area contributed by atoms with E-state index in [1.54, 1.807) is 18.3 Å². The fraction of sp³-hybridized carbons (Fsp3) is 0.273. The molecule has 2 aromatic carbocycles. The van der Waals surface area contributed by atoms with E-state index in [4.69, 9.17) is 0 Å². The smallest absolute Gasteiger partial charge is 0.148 e. The van der Waals surface area contributed by atoms with E-state index < -0.39 is 0 Å². The van der Waals surface area contributed by atoms with E-state index in [2.05, 4.69) is 31.0 Å². The molecular weight excluding hydrogens is 421 g/mol. The molecule has 0 bridgehead atoms. The van der Waals surface area contributed by atoms with Gasteiger partial charge in [0.25, 0.3) is 0 Å². The van der Waals surface area contributed by atoms with Crippen LogP contribution in [0.4, 0.5) is 4.39 Å². The first-order valence-corrected chi connectivity index (χ1v) is 10.2. The van der Waals surface area contributed by atoms with Crippen molar-refractivity contribution in [3.05, 3.63) is 76.1 Å². The monoisotopic (exact) mass is 441 g/mol. The number of benzene rings is 2. The standard InChI is InChI=1S/C22H21BrFN3O/c23-17-3-1-15(2-4-17)13-22(26-28)27-11-8-16(9-12-27)19-7-10-25-21-6-5-18(24)14-20(19)21/h1-7,10,14,16,28H,8-9,11-13H2/b26-22-. The van der Waals surface area contributed by atoms with Crippen LogP contribution in [0.1, 0.15) is 29.9 Å². The van der Waals surface area contributed by atoms with Gasteiger partial charge in [-0.15, -0.1) is 0 Å². The number of aromatic nitrogens is 1. The number of pyridine rings is 1. The average molecular weight is 442 g/mol. The van der Waals surface area contributed by atoms with Gasteiger partial charge >= 0.3 is 0 Å². The maximum absolute atomic E-state index is 13.7. The highest BCUT2D eigenvalue weighted by Gasteiger charge is 2.24. The number of halogens is 2. The van der Waals surface area contributed by atoms with Crippen LogP contribution in [0.2, 0.25) is 0 Å². The molecule has 0 aliphatic carbocycles. The SMILES string of the molecule is O/N=C(/Cc1ccc(Br)cc1)N1CCC(c2ccnc3ccc(F)cc23)CC1. The molecule has 1 aromatic heterocycles. The first kappa shape index (κ1) is 18.9. The van der Waals surface area contributed by atoms with Crippen molar-refractivity contribution < 1.29 is 9.60 Å². The molecule has 1 saturated heterocycles. The molecule has 4 rings (SSSR count). The lowest BCUT2D eigenvalue weighted by Crippen LogP contribution is -2.39. The zero-order chi connectivity index (χ0) is 19.5. The minimum Gasteiger partial charge on any atom is -0.409 e. The Hall–Kier alpha value is -2.47. The van der Waals surface area contributed by atoms with Gasteiger partial charge in [0.05, 0.1) is 5.52 Å². The van der Waals surface area contributed by atoms with Gasteiger partial charge < -0.3 is 10.1 Å². The Kier molecular flexibility index (Phi) is 5.57. The maximum atomic E-state index is 13.7. The van der Waals surface area contributed by atoms with Gasteiger partial charge in [-0.25, -0.2) is 4.39 Å². The van der Waals surface area contributed by atoms with E-state index in [9.17, 15) is 9.60 Å². The van der Waals surface area contributed by atoms with E-state index in [-0.39, 0.29) is 5.82 Å². The first-order chi connectivity index (χ1) is 13.6. The zero-order valence-corrected chi connectivity index (χ0v) is 16.9. The Morgan fingerprint density at radius 2 is 1.89 bits per heavy atom. The molecule has 4 nitrogen and oxygen atoms in total. The van der Waals surface area contributed by atoms with Gasteiger partial charge in [0.15, 0.2) is 0 Å². The average Bonchev–Trinajstić information content (AvgIpc) is 2.73. The molecule has 28 heavy (non-hydrogen) atoms. The molecule has 0 amide bonds. The van der Waals surface area contributed by atoms with Crippen molar-refractivity contribution in [1.29, 1.82) is 0 Å².